The van der Waals surface area contributed by atoms with Gasteiger partial charge in [-0.25, -0.2) is 0 Å². The normalized spacial score (nSPS) is 21.9. The molecule has 0 amide bonds. The Kier molecular flexibility index (Phi) is 8.88. The number of unbranched alkanes of at least 4 members (excludes halogenated alkanes) is 6. The van der Waals surface area contributed by atoms with Gasteiger partial charge in [-0.2, -0.15) is 0 Å². The van der Waals surface area contributed by atoms with Gasteiger partial charge >= 0.3 is 0 Å². The Morgan fingerprint density at radius 2 is 1.62 bits per heavy atom. The van der Waals surface area contributed by atoms with Crippen LogP contribution in [0.25, 0.3) is 0 Å². The van der Waals surface area contributed by atoms with Crippen molar-refractivity contribution < 1.29 is 0 Å². The van der Waals surface area contributed by atoms with Gasteiger partial charge < -0.3 is 5.32 Å². The molecule has 0 saturated carbocycles. The smallest absolute Gasteiger partial charge is 0.00463 e. The van der Waals surface area contributed by atoms with E-state index in [1.165, 1.54) is 83.7 Å². The lowest BCUT2D eigenvalue weighted by atomic mass is 9.94. The Bertz CT molecular complexity index is 136. The van der Waals surface area contributed by atoms with Crippen molar-refractivity contribution >= 4 is 0 Å². The van der Waals surface area contributed by atoms with Crippen molar-refractivity contribution in [3.8, 4) is 0 Å². The fourth-order valence-electron chi connectivity index (χ4n) is 2.77. The molecule has 1 unspecified atom stereocenters. The lowest BCUT2D eigenvalue weighted by Gasteiger charge is -2.12. The Labute approximate surface area is 102 Å². The maximum absolute atomic E-state index is 3.50. The predicted octanol–water partition coefficient (Wildman–Crippen LogP) is 4.52. The van der Waals surface area contributed by atoms with Crippen LogP contribution in [0.3, 0.4) is 0 Å². The zero-order chi connectivity index (χ0) is 11.5. The average Bonchev–Trinajstić information content (AvgIpc) is 2.56. The predicted molar refractivity (Wildman–Crippen MR) is 72.8 cm³/mol. The van der Waals surface area contributed by atoms with E-state index in [-0.39, 0.29) is 0 Å². The Morgan fingerprint density at radius 1 is 0.875 bits per heavy atom. The summed E-state index contributed by atoms with van der Waals surface area (Å²) in [4.78, 5) is 0. The first kappa shape index (κ1) is 14.0. The molecule has 1 fully saturated rings. The first-order valence-corrected chi connectivity index (χ1v) is 7.64. The molecule has 1 saturated heterocycles. The molecule has 1 atom stereocenters. The van der Waals surface area contributed by atoms with Crippen LogP contribution in [-0.2, 0) is 0 Å². The monoisotopic (exact) mass is 225 g/mol. The summed E-state index contributed by atoms with van der Waals surface area (Å²) in [6.45, 7) is 4.81. The van der Waals surface area contributed by atoms with Crippen LogP contribution >= 0.6 is 0 Å². The van der Waals surface area contributed by atoms with Crippen molar-refractivity contribution in [2.45, 2.75) is 77.6 Å². The molecule has 0 bridgehead atoms. The fraction of sp³-hybridized carbons (Fsp3) is 1.00. The summed E-state index contributed by atoms with van der Waals surface area (Å²) >= 11 is 0. The van der Waals surface area contributed by atoms with Crippen LogP contribution in [0.1, 0.15) is 77.6 Å². The third-order valence-corrected chi connectivity index (χ3v) is 3.91. The number of nitrogens with one attached hydrogen (secondary N) is 1. The van der Waals surface area contributed by atoms with E-state index in [9.17, 15) is 0 Å². The van der Waals surface area contributed by atoms with Gasteiger partial charge in [0, 0.05) is 0 Å². The summed E-state index contributed by atoms with van der Waals surface area (Å²) in [6, 6.07) is 0. The zero-order valence-corrected chi connectivity index (χ0v) is 11.3. The molecule has 1 rings (SSSR count). The largest absolute Gasteiger partial charge is 0.317 e. The molecular formula is C15H31N. The molecule has 1 aliphatic heterocycles. The molecule has 0 aromatic heterocycles. The van der Waals surface area contributed by atoms with Gasteiger partial charge in [-0.1, -0.05) is 58.3 Å². The molecule has 96 valence electrons. The van der Waals surface area contributed by atoms with Crippen molar-refractivity contribution in [2.75, 3.05) is 13.1 Å². The first-order chi connectivity index (χ1) is 7.93. The SMILES string of the molecule is CCCCCCCCCC1CCCNCC1. The molecule has 0 spiro atoms. The second-order valence-corrected chi connectivity index (χ2v) is 5.46. The Balaban J connectivity index is 1.86. The first-order valence-electron chi connectivity index (χ1n) is 7.64. The molecule has 0 radical (unpaired) electrons. The van der Waals surface area contributed by atoms with Gasteiger partial charge in [0.1, 0.15) is 0 Å². The molecule has 0 aromatic rings. The van der Waals surface area contributed by atoms with Gasteiger partial charge in [0.05, 0.1) is 0 Å². The standard InChI is InChI=1S/C15H31N/c1-2-3-4-5-6-7-8-10-15-11-9-13-16-14-12-15/h15-16H,2-14H2,1H3. The molecule has 1 N–H and O–H groups in total. The van der Waals surface area contributed by atoms with Crippen LogP contribution in [0.4, 0.5) is 0 Å². The number of hydrogen-bond acceptors (Lipinski definition) is 1. The minimum absolute atomic E-state index is 1.03. The quantitative estimate of drug-likeness (QED) is 0.599. The summed E-state index contributed by atoms with van der Waals surface area (Å²) in [7, 11) is 0. The molecule has 0 aromatic carbocycles. The van der Waals surface area contributed by atoms with Crippen LogP contribution in [0.5, 0.6) is 0 Å². The topological polar surface area (TPSA) is 12.0 Å². The van der Waals surface area contributed by atoms with Gasteiger partial charge in [0.15, 0.2) is 0 Å². The van der Waals surface area contributed by atoms with Crippen molar-refractivity contribution in [1.29, 1.82) is 0 Å². The average molecular weight is 225 g/mol. The van der Waals surface area contributed by atoms with Crippen molar-refractivity contribution in [1.82, 2.24) is 5.32 Å². The van der Waals surface area contributed by atoms with E-state index in [2.05, 4.69) is 12.2 Å². The molecule has 1 nitrogen and oxygen atoms in total. The minimum Gasteiger partial charge on any atom is -0.317 e. The molecule has 1 heteroatoms. The summed E-state index contributed by atoms with van der Waals surface area (Å²) in [5.74, 6) is 1.03. The van der Waals surface area contributed by atoms with Gasteiger partial charge in [-0.15, -0.1) is 0 Å². The fourth-order valence-corrected chi connectivity index (χ4v) is 2.77. The van der Waals surface area contributed by atoms with Gasteiger partial charge in [-0.05, 0) is 38.3 Å². The number of rotatable bonds is 8. The van der Waals surface area contributed by atoms with Crippen molar-refractivity contribution in [3.05, 3.63) is 0 Å². The lowest BCUT2D eigenvalue weighted by Crippen LogP contribution is -2.14. The third kappa shape index (κ3) is 7.27. The van der Waals surface area contributed by atoms with Crippen LogP contribution in [-0.4, -0.2) is 13.1 Å². The molecule has 0 aliphatic carbocycles. The zero-order valence-electron chi connectivity index (χ0n) is 11.3. The van der Waals surface area contributed by atoms with Crippen LogP contribution in [0.15, 0.2) is 0 Å². The van der Waals surface area contributed by atoms with Gasteiger partial charge in [-0.3, -0.25) is 0 Å². The van der Waals surface area contributed by atoms with E-state index in [4.69, 9.17) is 0 Å². The van der Waals surface area contributed by atoms with Crippen LogP contribution in [0, 0.1) is 5.92 Å². The highest BCUT2D eigenvalue weighted by Crippen LogP contribution is 2.21. The van der Waals surface area contributed by atoms with E-state index < -0.39 is 0 Å². The molecule has 1 heterocycles. The third-order valence-electron chi connectivity index (χ3n) is 3.91. The summed E-state index contributed by atoms with van der Waals surface area (Å²) < 4.78 is 0. The maximum Gasteiger partial charge on any atom is -0.00463 e. The van der Waals surface area contributed by atoms with E-state index in [1.54, 1.807) is 0 Å². The van der Waals surface area contributed by atoms with Crippen molar-refractivity contribution in [2.24, 2.45) is 5.92 Å². The van der Waals surface area contributed by atoms with E-state index in [0.29, 0.717) is 0 Å². The van der Waals surface area contributed by atoms with Crippen LogP contribution < -0.4 is 5.32 Å². The van der Waals surface area contributed by atoms with E-state index in [0.717, 1.165) is 5.92 Å². The number of hydrogen-bond donors (Lipinski definition) is 1. The lowest BCUT2D eigenvalue weighted by molar-refractivity contribution is 0.413. The van der Waals surface area contributed by atoms with Crippen molar-refractivity contribution in [3.63, 3.8) is 0 Å². The highest BCUT2D eigenvalue weighted by molar-refractivity contribution is 4.66. The highest BCUT2D eigenvalue weighted by Gasteiger charge is 2.10. The van der Waals surface area contributed by atoms with Crippen LogP contribution in [0.2, 0.25) is 0 Å². The minimum atomic E-state index is 1.03. The van der Waals surface area contributed by atoms with Gasteiger partial charge in [0.25, 0.3) is 0 Å². The Morgan fingerprint density at radius 3 is 2.44 bits per heavy atom. The maximum atomic E-state index is 3.50. The molecule has 16 heavy (non-hydrogen) atoms. The van der Waals surface area contributed by atoms with E-state index >= 15 is 0 Å². The van der Waals surface area contributed by atoms with Gasteiger partial charge in [0.2, 0.25) is 0 Å². The Hall–Kier alpha value is -0.0400. The van der Waals surface area contributed by atoms with E-state index in [1.807, 2.05) is 0 Å². The highest BCUT2D eigenvalue weighted by atomic mass is 14.8. The summed E-state index contributed by atoms with van der Waals surface area (Å²) in [5.41, 5.74) is 0. The summed E-state index contributed by atoms with van der Waals surface area (Å²) in [5, 5.41) is 3.50. The summed E-state index contributed by atoms with van der Waals surface area (Å²) in [6.07, 6.45) is 16.0. The second-order valence-electron chi connectivity index (χ2n) is 5.46. The molecular weight excluding hydrogens is 194 g/mol. The second kappa shape index (κ2) is 10.1. The molecule has 1 aliphatic rings.